The number of imidazole rings is 1. The first-order valence-electron chi connectivity index (χ1n) is 11.5. The second-order valence-electron chi connectivity index (χ2n) is 9.53. The average molecular weight is 485 g/mol. The molecule has 0 aliphatic rings. The fourth-order valence-corrected chi connectivity index (χ4v) is 8.75. The molecule has 0 N–H and O–H groups in total. The van der Waals surface area contributed by atoms with E-state index in [1.54, 1.807) is 12.7 Å². The molecule has 0 aliphatic heterocycles. The summed E-state index contributed by atoms with van der Waals surface area (Å²) in [4.78, 5) is 14.5. The topological polar surface area (TPSA) is 70.8 Å². The minimum Gasteiger partial charge on any atom is -0.387 e. The van der Waals surface area contributed by atoms with E-state index in [0.717, 1.165) is 10.4 Å². The Bertz CT molecular complexity index is 1180. The Balaban J connectivity index is 2.21. The van der Waals surface area contributed by atoms with Crippen molar-refractivity contribution in [2.75, 3.05) is 20.6 Å². The molecule has 0 saturated heterocycles. The van der Waals surface area contributed by atoms with Gasteiger partial charge in [-0.1, -0.05) is 81.4 Å². The third-order valence-corrected chi connectivity index (χ3v) is 10.8. The van der Waals surface area contributed by atoms with Gasteiger partial charge < -0.3 is 18.7 Å². The molecule has 1 aromatic heterocycles. The highest BCUT2D eigenvalue weighted by molar-refractivity contribution is 6.99. The van der Waals surface area contributed by atoms with Crippen LogP contribution < -0.4 is 10.4 Å². The summed E-state index contributed by atoms with van der Waals surface area (Å²) in [6, 6.07) is 22.8. The van der Waals surface area contributed by atoms with Crippen LogP contribution in [0.2, 0.25) is 5.04 Å². The van der Waals surface area contributed by atoms with Crippen LogP contribution in [0, 0.1) is 17.9 Å². The molecule has 0 aliphatic carbocycles. The van der Waals surface area contributed by atoms with Gasteiger partial charge in [-0.2, -0.15) is 5.26 Å². The summed E-state index contributed by atoms with van der Waals surface area (Å²) < 4.78 is 8.84. The highest BCUT2D eigenvalue weighted by Gasteiger charge is 2.52. The summed E-state index contributed by atoms with van der Waals surface area (Å²) in [7, 11) is 0.775. The number of hydrogen-bond acceptors (Lipinski definition) is 4. The van der Waals surface area contributed by atoms with Crippen molar-refractivity contribution in [3.8, 4) is 6.07 Å². The first-order chi connectivity index (χ1) is 16.7. The van der Waals surface area contributed by atoms with Crippen LogP contribution in [0.1, 0.15) is 32.6 Å². The van der Waals surface area contributed by atoms with Gasteiger partial charge in [0.25, 0.3) is 8.32 Å². The van der Waals surface area contributed by atoms with Crippen LogP contribution >= 0.6 is 0 Å². The highest BCUT2D eigenvalue weighted by atomic mass is 28.4. The Labute approximate surface area is 209 Å². The monoisotopic (exact) mass is 484 g/mol. The summed E-state index contributed by atoms with van der Waals surface area (Å²) >= 11 is 0. The van der Waals surface area contributed by atoms with Gasteiger partial charge in [-0.05, 0) is 15.4 Å². The van der Waals surface area contributed by atoms with Crippen LogP contribution in [0.25, 0.3) is 4.85 Å². The smallest absolute Gasteiger partial charge is 0.263 e. The molecule has 3 rings (SSSR count). The van der Waals surface area contributed by atoms with E-state index in [2.05, 4.69) is 65.9 Å². The molecule has 0 radical (unpaired) electrons. The number of rotatable bonds is 9. The van der Waals surface area contributed by atoms with Gasteiger partial charge in [0.2, 0.25) is 6.54 Å². The van der Waals surface area contributed by atoms with Gasteiger partial charge in [0, 0.05) is 14.1 Å². The van der Waals surface area contributed by atoms with Crippen LogP contribution in [-0.2, 0) is 11.0 Å². The average Bonchev–Trinajstić information content (AvgIpc) is 3.25. The largest absolute Gasteiger partial charge is 0.387 e. The number of nitriles is 1. The number of aliphatic imine (C=N–C) groups is 1. The quantitative estimate of drug-likeness (QED) is 0.198. The van der Waals surface area contributed by atoms with Crippen molar-refractivity contribution < 1.29 is 4.43 Å². The van der Waals surface area contributed by atoms with Crippen molar-refractivity contribution >= 4 is 30.8 Å². The van der Waals surface area contributed by atoms with E-state index in [4.69, 9.17) is 11.0 Å². The molecule has 0 unspecified atom stereocenters. The second kappa shape index (κ2) is 11.1. The van der Waals surface area contributed by atoms with Gasteiger partial charge in [-0.25, -0.2) is 16.5 Å². The summed E-state index contributed by atoms with van der Waals surface area (Å²) in [6.07, 6.45) is 2.37. The second-order valence-corrected chi connectivity index (χ2v) is 13.8. The van der Waals surface area contributed by atoms with Crippen molar-refractivity contribution in [2.24, 2.45) is 4.99 Å². The van der Waals surface area contributed by atoms with Crippen LogP contribution in [0.5, 0.6) is 0 Å². The molecule has 1 atom stereocenters. The Morgan fingerprint density at radius 3 is 2.17 bits per heavy atom. The lowest BCUT2D eigenvalue weighted by Crippen LogP contribution is -2.66. The molecular formula is C27H32N6OSi. The number of hydrogen-bond donors (Lipinski definition) is 0. The summed E-state index contributed by atoms with van der Waals surface area (Å²) in [5.41, 5.74) is 0.462. The van der Waals surface area contributed by atoms with Crippen molar-refractivity contribution in [1.29, 1.82) is 5.26 Å². The van der Waals surface area contributed by atoms with Crippen molar-refractivity contribution in [3.63, 3.8) is 0 Å². The molecule has 8 heteroatoms. The molecule has 35 heavy (non-hydrogen) atoms. The van der Waals surface area contributed by atoms with Gasteiger partial charge in [0.15, 0.2) is 11.9 Å². The van der Waals surface area contributed by atoms with Crippen molar-refractivity contribution in [3.05, 3.63) is 84.1 Å². The number of benzene rings is 2. The Kier molecular flexibility index (Phi) is 8.24. The van der Waals surface area contributed by atoms with E-state index in [9.17, 15) is 5.26 Å². The predicted molar refractivity (Wildman–Crippen MR) is 143 cm³/mol. The van der Waals surface area contributed by atoms with Crippen molar-refractivity contribution in [1.82, 2.24) is 14.5 Å². The van der Waals surface area contributed by atoms with Crippen molar-refractivity contribution in [2.45, 2.75) is 38.5 Å². The molecule has 7 nitrogen and oxygen atoms in total. The molecule has 1 heterocycles. The SMILES string of the molecule is [C-]#[N+]CCn1cnc([C@@H](C#N)O[Si](c2ccccc2)(c2ccccc2)C(C)(C)C)c1N=CN(C)C. The zero-order valence-electron chi connectivity index (χ0n) is 21.0. The van der Waals surface area contributed by atoms with Gasteiger partial charge in [-0.15, -0.1) is 0 Å². The zero-order valence-corrected chi connectivity index (χ0v) is 22.0. The van der Waals surface area contributed by atoms with E-state index in [1.807, 2.05) is 60.0 Å². The highest BCUT2D eigenvalue weighted by Crippen LogP contribution is 2.40. The minimum absolute atomic E-state index is 0.287. The Morgan fingerprint density at radius 2 is 1.71 bits per heavy atom. The summed E-state index contributed by atoms with van der Waals surface area (Å²) in [6.45, 7) is 14.4. The maximum atomic E-state index is 10.4. The standard InChI is InChI=1S/C27H32N6OSi/c1-27(2,3)35(22-13-9-7-10-14-22,23-15-11-8-12-16-23)34-24(19-28)25-26(31-20-32(5)6)33(21-30-25)18-17-29-4/h7-16,20-21,24H,17-18H2,1-3,5-6H3/t24-/m1/s1. The molecule has 0 saturated carbocycles. The summed E-state index contributed by atoms with van der Waals surface area (Å²) in [5.74, 6) is 0.534. The predicted octanol–water partition coefficient (Wildman–Crippen LogP) is 4.17. The zero-order chi connectivity index (χ0) is 25.5. The third-order valence-electron chi connectivity index (χ3n) is 5.78. The molecule has 3 aromatic rings. The molecular weight excluding hydrogens is 452 g/mol. The molecule has 0 fully saturated rings. The lowest BCUT2D eigenvalue weighted by Gasteiger charge is -2.43. The Morgan fingerprint density at radius 1 is 1.14 bits per heavy atom. The van der Waals surface area contributed by atoms with Gasteiger partial charge in [-0.3, -0.25) is 0 Å². The van der Waals surface area contributed by atoms with E-state index in [-0.39, 0.29) is 5.04 Å². The van der Waals surface area contributed by atoms with Crippen LogP contribution in [0.4, 0.5) is 5.82 Å². The van der Waals surface area contributed by atoms with E-state index < -0.39 is 14.4 Å². The Hall–Kier alpha value is -3.72. The third kappa shape index (κ3) is 5.51. The lowest BCUT2D eigenvalue weighted by atomic mass is 10.2. The number of aromatic nitrogens is 2. The molecule has 0 amide bonds. The fraction of sp³-hybridized carbons (Fsp3) is 0.333. The molecule has 0 bridgehead atoms. The molecule has 2 aromatic carbocycles. The van der Waals surface area contributed by atoms with E-state index in [0.29, 0.717) is 24.6 Å². The van der Waals surface area contributed by atoms with Crippen LogP contribution in [0.15, 0.2) is 72.0 Å². The number of nitrogens with zero attached hydrogens (tertiary/aromatic N) is 6. The maximum absolute atomic E-state index is 10.4. The van der Waals surface area contributed by atoms with Gasteiger partial charge in [0.05, 0.1) is 19.2 Å². The van der Waals surface area contributed by atoms with Crippen LogP contribution in [0.3, 0.4) is 0 Å². The maximum Gasteiger partial charge on any atom is 0.263 e. The van der Waals surface area contributed by atoms with E-state index in [1.165, 1.54) is 0 Å². The first-order valence-corrected chi connectivity index (χ1v) is 13.4. The minimum atomic E-state index is -2.98. The van der Waals surface area contributed by atoms with Crippen LogP contribution in [-0.4, -0.2) is 49.7 Å². The van der Waals surface area contributed by atoms with Gasteiger partial charge >= 0.3 is 0 Å². The fourth-order valence-electron chi connectivity index (χ4n) is 4.22. The molecule has 180 valence electrons. The normalized spacial score (nSPS) is 12.8. The summed E-state index contributed by atoms with van der Waals surface area (Å²) in [5, 5.41) is 12.3. The van der Waals surface area contributed by atoms with Gasteiger partial charge in [0.1, 0.15) is 11.8 Å². The lowest BCUT2D eigenvalue weighted by molar-refractivity contribution is 0.241. The molecule has 0 spiro atoms. The first kappa shape index (κ1) is 25.9. The van der Waals surface area contributed by atoms with E-state index >= 15 is 0 Å².